The van der Waals surface area contributed by atoms with Crippen LogP contribution in [0.4, 0.5) is 0 Å². The van der Waals surface area contributed by atoms with Gasteiger partial charge in [-0.1, -0.05) is 38.1 Å². The number of aromatic nitrogens is 1. The Hall–Kier alpha value is -1.19. The van der Waals surface area contributed by atoms with Crippen LogP contribution in [-0.4, -0.2) is 11.5 Å². The Kier molecular flexibility index (Phi) is 5.74. The summed E-state index contributed by atoms with van der Waals surface area (Å²) in [7, 11) is 0. The zero-order chi connectivity index (χ0) is 14.4. The van der Waals surface area contributed by atoms with E-state index in [2.05, 4.69) is 43.5 Å². The maximum absolute atomic E-state index is 5.52. The molecule has 0 aliphatic carbocycles. The van der Waals surface area contributed by atoms with E-state index in [1.54, 1.807) is 11.3 Å². The maximum Gasteiger partial charge on any atom is 0.0932 e. The summed E-state index contributed by atoms with van der Waals surface area (Å²) in [6.07, 6.45) is 4.41. The number of nitrogens with zero attached hydrogens (tertiary/aromatic N) is 1. The second kappa shape index (κ2) is 7.55. The molecule has 2 N–H and O–H groups in total. The van der Waals surface area contributed by atoms with Crippen LogP contribution in [0, 0.1) is 5.92 Å². The van der Waals surface area contributed by atoms with Gasteiger partial charge in [0.15, 0.2) is 0 Å². The van der Waals surface area contributed by atoms with Gasteiger partial charge in [0.25, 0.3) is 0 Å². The van der Waals surface area contributed by atoms with E-state index in [1.807, 2.05) is 0 Å². The van der Waals surface area contributed by atoms with Crippen LogP contribution in [0.1, 0.15) is 37.3 Å². The Labute approximate surface area is 126 Å². The molecule has 108 valence electrons. The molecule has 0 atom stereocenters. The molecule has 0 saturated carbocycles. The predicted octanol–water partition coefficient (Wildman–Crippen LogP) is 4.29. The van der Waals surface area contributed by atoms with Gasteiger partial charge in [-0.3, -0.25) is 0 Å². The fourth-order valence-corrected chi connectivity index (χ4v) is 3.11. The first kappa shape index (κ1) is 15.2. The summed E-state index contributed by atoms with van der Waals surface area (Å²) in [5.41, 5.74) is 9.25. The minimum absolute atomic E-state index is 0.703. The van der Waals surface area contributed by atoms with Gasteiger partial charge >= 0.3 is 0 Å². The molecule has 0 fully saturated rings. The van der Waals surface area contributed by atoms with E-state index >= 15 is 0 Å². The fourth-order valence-electron chi connectivity index (χ4n) is 2.26. The predicted molar refractivity (Wildman–Crippen MR) is 88.1 cm³/mol. The van der Waals surface area contributed by atoms with Crippen molar-refractivity contribution in [2.75, 3.05) is 6.54 Å². The summed E-state index contributed by atoms with van der Waals surface area (Å²) < 4.78 is 0. The third kappa shape index (κ3) is 4.43. The molecular formula is C17H24N2S. The molecule has 0 unspecified atom stereocenters. The van der Waals surface area contributed by atoms with E-state index in [0.29, 0.717) is 5.92 Å². The van der Waals surface area contributed by atoms with Gasteiger partial charge in [-0.05, 0) is 43.7 Å². The van der Waals surface area contributed by atoms with Crippen molar-refractivity contribution < 1.29 is 0 Å². The molecular weight excluding hydrogens is 264 g/mol. The van der Waals surface area contributed by atoms with Gasteiger partial charge in [-0.25, -0.2) is 4.98 Å². The molecule has 0 aliphatic rings. The summed E-state index contributed by atoms with van der Waals surface area (Å²) in [4.78, 5) is 4.72. The maximum atomic E-state index is 5.52. The van der Waals surface area contributed by atoms with Crippen LogP contribution in [0.3, 0.4) is 0 Å². The van der Waals surface area contributed by atoms with Gasteiger partial charge in [0.05, 0.1) is 10.7 Å². The topological polar surface area (TPSA) is 38.9 Å². The van der Waals surface area contributed by atoms with Crippen LogP contribution in [0.5, 0.6) is 0 Å². The molecule has 0 bridgehead atoms. The van der Waals surface area contributed by atoms with Crippen LogP contribution in [0.25, 0.3) is 11.3 Å². The molecule has 2 nitrogen and oxygen atoms in total. The monoisotopic (exact) mass is 288 g/mol. The van der Waals surface area contributed by atoms with E-state index in [-0.39, 0.29) is 0 Å². The molecule has 2 aromatic rings. The van der Waals surface area contributed by atoms with Crippen molar-refractivity contribution in [1.82, 2.24) is 4.98 Å². The normalized spacial score (nSPS) is 11.2. The standard InChI is InChI=1S/C17H24N2S/c1-13(2)11-14-6-8-15(9-7-14)16-12-20-17(19-16)5-3-4-10-18/h6-9,12-13H,3-5,10-11,18H2,1-2H3. The van der Waals surface area contributed by atoms with Crippen LogP contribution < -0.4 is 5.73 Å². The summed E-state index contributed by atoms with van der Waals surface area (Å²) in [6, 6.07) is 8.83. The van der Waals surface area contributed by atoms with Crippen LogP contribution >= 0.6 is 11.3 Å². The van der Waals surface area contributed by atoms with Gasteiger partial charge < -0.3 is 5.73 Å². The number of benzene rings is 1. The first-order chi connectivity index (χ1) is 9.69. The molecule has 0 radical (unpaired) electrons. The summed E-state index contributed by atoms with van der Waals surface area (Å²) in [6.45, 7) is 5.28. The first-order valence-electron chi connectivity index (χ1n) is 7.43. The number of unbranched alkanes of at least 4 members (excludes halogenated alkanes) is 1. The fraction of sp³-hybridized carbons (Fsp3) is 0.471. The molecule has 3 heteroatoms. The minimum atomic E-state index is 0.703. The van der Waals surface area contributed by atoms with Gasteiger partial charge in [0.1, 0.15) is 0 Å². The third-order valence-corrected chi connectivity index (χ3v) is 4.20. The lowest BCUT2D eigenvalue weighted by molar-refractivity contribution is 0.647. The number of rotatable bonds is 7. The van der Waals surface area contributed by atoms with Crippen molar-refractivity contribution >= 4 is 11.3 Å². The molecule has 0 amide bonds. The lowest BCUT2D eigenvalue weighted by Crippen LogP contribution is -1.98. The average Bonchev–Trinajstić information content (AvgIpc) is 2.88. The Morgan fingerprint density at radius 1 is 1.15 bits per heavy atom. The number of nitrogens with two attached hydrogens (primary N) is 1. The van der Waals surface area contributed by atoms with Crippen molar-refractivity contribution in [2.45, 2.75) is 39.5 Å². The van der Waals surface area contributed by atoms with Crippen molar-refractivity contribution in [3.63, 3.8) is 0 Å². The SMILES string of the molecule is CC(C)Cc1ccc(-c2csc(CCCCN)n2)cc1. The third-order valence-electron chi connectivity index (χ3n) is 3.29. The molecule has 1 aromatic heterocycles. The second-order valence-electron chi connectivity index (χ2n) is 5.67. The zero-order valence-corrected chi connectivity index (χ0v) is 13.2. The second-order valence-corrected chi connectivity index (χ2v) is 6.61. The quantitative estimate of drug-likeness (QED) is 0.772. The van der Waals surface area contributed by atoms with Crippen molar-refractivity contribution in [3.8, 4) is 11.3 Å². The van der Waals surface area contributed by atoms with E-state index in [0.717, 1.165) is 37.9 Å². The largest absolute Gasteiger partial charge is 0.330 e. The molecule has 1 heterocycles. The van der Waals surface area contributed by atoms with E-state index in [1.165, 1.54) is 16.1 Å². The minimum Gasteiger partial charge on any atom is -0.330 e. The number of hydrogen-bond acceptors (Lipinski definition) is 3. The molecule has 0 aliphatic heterocycles. The molecule has 1 aromatic carbocycles. The van der Waals surface area contributed by atoms with Crippen molar-refractivity contribution in [1.29, 1.82) is 0 Å². The van der Waals surface area contributed by atoms with Crippen LogP contribution in [-0.2, 0) is 12.8 Å². The van der Waals surface area contributed by atoms with Gasteiger partial charge in [0, 0.05) is 10.9 Å². The molecule has 2 rings (SSSR count). The van der Waals surface area contributed by atoms with Crippen molar-refractivity contribution in [2.24, 2.45) is 11.7 Å². The molecule has 0 spiro atoms. The van der Waals surface area contributed by atoms with Crippen LogP contribution in [0.2, 0.25) is 0 Å². The highest BCUT2D eigenvalue weighted by Gasteiger charge is 2.05. The zero-order valence-electron chi connectivity index (χ0n) is 12.4. The Balaban J connectivity index is 2.00. The average molecular weight is 288 g/mol. The first-order valence-corrected chi connectivity index (χ1v) is 8.31. The molecule has 20 heavy (non-hydrogen) atoms. The summed E-state index contributed by atoms with van der Waals surface area (Å²) in [5, 5.41) is 3.38. The van der Waals surface area contributed by atoms with Gasteiger partial charge in [0.2, 0.25) is 0 Å². The van der Waals surface area contributed by atoms with Gasteiger partial charge in [-0.2, -0.15) is 0 Å². The highest BCUT2D eigenvalue weighted by molar-refractivity contribution is 7.09. The summed E-state index contributed by atoms with van der Waals surface area (Å²) >= 11 is 1.76. The van der Waals surface area contributed by atoms with Crippen LogP contribution in [0.15, 0.2) is 29.6 Å². The van der Waals surface area contributed by atoms with Gasteiger partial charge in [-0.15, -0.1) is 11.3 Å². The Bertz CT molecular complexity index is 514. The van der Waals surface area contributed by atoms with E-state index in [9.17, 15) is 0 Å². The number of hydrogen-bond donors (Lipinski definition) is 1. The molecule has 0 saturated heterocycles. The van der Waals surface area contributed by atoms with E-state index < -0.39 is 0 Å². The Morgan fingerprint density at radius 3 is 2.55 bits per heavy atom. The summed E-state index contributed by atoms with van der Waals surface area (Å²) in [5.74, 6) is 0.703. The number of thiazole rings is 1. The number of aryl methyl sites for hydroxylation is 1. The van der Waals surface area contributed by atoms with E-state index in [4.69, 9.17) is 10.7 Å². The lowest BCUT2D eigenvalue weighted by Gasteiger charge is -2.05. The smallest absolute Gasteiger partial charge is 0.0932 e. The highest BCUT2D eigenvalue weighted by atomic mass is 32.1. The lowest BCUT2D eigenvalue weighted by atomic mass is 10.0. The highest BCUT2D eigenvalue weighted by Crippen LogP contribution is 2.23. The van der Waals surface area contributed by atoms with Crippen molar-refractivity contribution in [3.05, 3.63) is 40.2 Å². The Morgan fingerprint density at radius 2 is 1.90 bits per heavy atom.